The number of hydrogen-bond acceptors (Lipinski definition) is 6. The number of nitrogens with one attached hydrogen (secondary N) is 1. The standard InChI is InChI=1S/C16H17ClN2O5S/c1-3-24-16(22)7-15-19(14(21)9-25-15)8-13(20)18-10-4-5-12(23-2)11(17)6-10/h4-7H,3,8-9H2,1-2H3,(H,18,20)/b15-7-. The zero-order valence-corrected chi connectivity index (χ0v) is 15.3. The number of benzene rings is 1. The molecule has 9 heteroatoms. The summed E-state index contributed by atoms with van der Waals surface area (Å²) in [4.78, 5) is 36.9. The Morgan fingerprint density at radius 3 is 2.84 bits per heavy atom. The average Bonchev–Trinajstić information content (AvgIpc) is 2.88. The van der Waals surface area contributed by atoms with Crippen molar-refractivity contribution < 1.29 is 23.9 Å². The van der Waals surface area contributed by atoms with Crippen LogP contribution in [0, 0.1) is 0 Å². The molecule has 0 saturated carbocycles. The number of hydrogen-bond donors (Lipinski definition) is 1. The van der Waals surface area contributed by atoms with Crippen LogP contribution in [0.15, 0.2) is 29.3 Å². The summed E-state index contributed by atoms with van der Waals surface area (Å²) in [7, 11) is 1.49. The molecule has 1 N–H and O–H groups in total. The van der Waals surface area contributed by atoms with Crippen LogP contribution >= 0.6 is 23.4 Å². The van der Waals surface area contributed by atoms with Gasteiger partial charge in [-0.2, -0.15) is 0 Å². The molecule has 25 heavy (non-hydrogen) atoms. The molecular formula is C16H17ClN2O5S. The highest BCUT2D eigenvalue weighted by Crippen LogP contribution is 2.29. The number of esters is 1. The lowest BCUT2D eigenvalue weighted by molar-refractivity contribution is -0.137. The van der Waals surface area contributed by atoms with E-state index in [4.69, 9.17) is 21.1 Å². The molecule has 2 amide bonds. The topological polar surface area (TPSA) is 84.9 Å². The highest BCUT2D eigenvalue weighted by atomic mass is 35.5. The number of rotatable bonds is 6. The average molecular weight is 385 g/mol. The van der Waals surface area contributed by atoms with Gasteiger partial charge in [0.05, 0.1) is 35.6 Å². The van der Waals surface area contributed by atoms with E-state index in [1.165, 1.54) is 29.8 Å². The third-order valence-electron chi connectivity index (χ3n) is 3.18. The van der Waals surface area contributed by atoms with E-state index in [1.807, 2.05) is 0 Å². The molecule has 0 aromatic heterocycles. The Kier molecular flexibility index (Phi) is 6.72. The molecule has 2 rings (SSSR count). The largest absolute Gasteiger partial charge is 0.495 e. The van der Waals surface area contributed by atoms with Crippen molar-refractivity contribution in [2.24, 2.45) is 0 Å². The van der Waals surface area contributed by atoms with E-state index >= 15 is 0 Å². The summed E-state index contributed by atoms with van der Waals surface area (Å²) < 4.78 is 9.88. The molecule has 7 nitrogen and oxygen atoms in total. The highest BCUT2D eigenvalue weighted by Gasteiger charge is 2.29. The van der Waals surface area contributed by atoms with Crippen molar-refractivity contribution in [3.63, 3.8) is 0 Å². The fraction of sp³-hybridized carbons (Fsp3) is 0.312. The first kappa shape index (κ1) is 19.1. The second kappa shape index (κ2) is 8.77. The number of carbonyl (C=O) groups is 3. The first-order valence-electron chi connectivity index (χ1n) is 7.39. The third-order valence-corrected chi connectivity index (χ3v) is 4.50. The van der Waals surface area contributed by atoms with Crippen molar-refractivity contribution in [1.82, 2.24) is 4.90 Å². The molecule has 1 fully saturated rings. The van der Waals surface area contributed by atoms with Gasteiger partial charge in [0.1, 0.15) is 12.3 Å². The van der Waals surface area contributed by atoms with E-state index in [1.54, 1.807) is 25.1 Å². The number of methoxy groups -OCH3 is 1. The van der Waals surface area contributed by atoms with Gasteiger partial charge in [0, 0.05) is 5.69 Å². The van der Waals surface area contributed by atoms with E-state index in [9.17, 15) is 14.4 Å². The summed E-state index contributed by atoms with van der Waals surface area (Å²) in [5.74, 6) is -0.542. The summed E-state index contributed by atoms with van der Waals surface area (Å²) in [5.41, 5.74) is 0.478. The molecule has 0 unspecified atom stereocenters. The Morgan fingerprint density at radius 1 is 1.44 bits per heavy atom. The smallest absolute Gasteiger partial charge is 0.333 e. The van der Waals surface area contributed by atoms with Gasteiger partial charge in [-0.15, -0.1) is 0 Å². The fourth-order valence-electron chi connectivity index (χ4n) is 2.07. The summed E-state index contributed by atoms with van der Waals surface area (Å²) in [6.07, 6.45) is 1.22. The van der Waals surface area contributed by atoms with Gasteiger partial charge in [0.25, 0.3) is 0 Å². The molecule has 0 bridgehead atoms. The SMILES string of the molecule is CCOC(=O)/C=C1\SCC(=O)N1CC(=O)Nc1ccc(OC)c(Cl)c1. The minimum absolute atomic E-state index is 0.173. The number of thioether (sulfide) groups is 1. The zero-order valence-electron chi connectivity index (χ0n) is 13.7. The van der Waals surface area contributed by atoms with Crippen LogP contribution in [-0.4, -0.2) is 48.7 Å². The van der Waals surface area contributed by atoms with Crippen LogP contribution in [0.25, 0.3) is 0 Å². The van der Waals surface area contributed by atoms with Gasteiger partial charge in [0.15, 0.2) is 0 Å². The lowest BCUT2D eigenvalue weighted by Gasteiger charge is -2.16. The van der Waals surface area contributed by atoms with Gasteiger partial charge in [0.2, 0.25) is 11.8 Å². The minimum Gasteiger partial charge on any atom is -0.495 e. The maximum Gasteiger partial charge on any atom is 0.333 e. The van der Waals surface area contributed by atoms with E-state index in [2.05, 4.69) is 5.32 Å². The van der Waals surface area contributed by atoms with Gasteiger partial charge >= 0.3 is 5.97 Å². The summed E-state index contributed by atoms with van der Waals surface area (Å²) in [6, 6.07) is 4.81. The van der Waals surface area contributed by atoms with Crippen LogP contribution < -0.4 is 10.1 Å². The minimum atomic E-state index is -0.549. The van der Waals surface area contributed by atoms with Gasteiger partial charge in [-0.25, -0.2) is 4.79 Å². The summed E-state index contributed by atoms with van der Waals surface area (Å²) in [5, 5.41) is 3.41. The van der Waals surface area contributed by atoms with Crippen molar-refractivity contribution >= 4 is 46.8 Å². The molecule has 1 saturated heterocycles. The zero-order chi connectivity index (χ0) is 18.4. The van der Waals surface area contributed by atoms with Gasteiger partial charge in [-0.05, 0) is 25.1 Å². The molecule has 0 radical (unpaired) electrons. The van der Waals surface area contributed by atoms with E-state index in [0.717, 1.165) is 0 Å². The molecule has 134 valence electrons. The van der Waals surface area contributed by atoms with Crippen LogP contribution in [0.3, 0.4) is 0 Å². The molecule has 1 aliphatic heterocycles. The Labute approximate surface area is 154 Å². The highest BCUT2D eigenvalue weighted by molar-refractivity contribution is 8.04. The molecule has 1 aliphatic rings. The number of halogens is 1. The lowest BCUT2D eigenvalue weighted by Crippen LogP contribution is -2.34. The normalized spacial score (nSPS) is 15.4. The second-order valence-electron chi connectivity index (χ2n) is 4.90. The number of ether oxygens (including phenoxy) is 2. The molecular weight excluding hydrogens is 368 g/mol. The van der Waals surface area contributed by atoms with Gasteiger partial charge < -0.3 is 14.8 Å². The third kappa shape index (κ3) is 5.14. The molecule has 1 aromatic rings. The van der Waals surface area contributed by atoms with Crippen LogP contribution in [-0.2, 0) is 19.1 Å². The van der Waals surface area contributed by atoms with Crippen molar-refractivity contribution in [3.8, 4) is 5.75 Å². The molecule has 1 heterocycles. The number of carbonyl (C=O) groups excluding carboxylic acids is 3. The number of anilines is 1. The molecule has 0 spiro atoms. The van der Waals surface area contributed by atoms with Crippen LogP contribution in [0.1, 0.15) is 6.92 Å². The first-order valence-corrected chi connectivity index (χ1v) is 8.76. The summed E-state index contributed by atoms with van der Waals surface area (Å²) >= 11 is 7.20. The maximum absolute atomic E-state index is 12.2. The second-order valence-corrected chi connectivity index (χ2v) is 6.30. The van der Waals surface area contributed by atoms with E-state index < -0.39 is 11.9 Å². The Morgan fingerprint density at radius 2 is 2.20 bits per heavy atom. The lowest BCUT2D eigenvalue weighted by atomic mass is 10.3. The Hall–Kier alpha value is -2.19. The summed E-state index contributed by atoms with van der Waals surface area (Å²) in [6.45, 7) is 1.72. The molecule has 0 aliphatic carbocycles. The van der Waals surface area contributed by atoms with Crippen molar-refractivity contribution in [3.05, 3.63) is 34.3 Å². The van der Waals surface area contributed by atoms with Gasteiger partial charge in [-0.1, -0.05) is 23.4 Å². The van der Waals surface area contributed by atoms with Crippen molar-refractivity contribution in [1.29, 1.82) is 0 Å². The number of nitrogens with zero attached hydrogens (tertiary/aromatic N) is 1. The predicted octanol–water partition coefficient (Wildman–Crippen LogP) is 2.27. The molecule has 0 atom stereocenters. The van der Waals surface area contributed by atoms with Crippen LogP contribution in [0.2, 0.25) is 5.02 Å². The van der Waals surface area contributed by atoms with Gasteiger partial charge in [-0.3, -0.25) is 14.5 Å². The monoisotopic (exact) mass is 384 g/mol. The predicted molar refractivity (Wildman–Crippen MR) is 95.5 cm³/mol. The van der Waals surface area contributed by atoms with E-state index in [0.29, 0.717) is 21.5 Å². The number of amides is 2. The van der Waals surface area contributed by atoms with E-state index in [-0.39, 0.29) is 24.8 Å². The van der Waals surface area contributed by atoms with Crippen LogP contribution in [0.4, 0.5) is 5.69 Å². The Bertz CT molecular complexity index is 722. The first-order chi connectivity index (χ1) is 11.9. The molecule has 1 aromatic carbocycles. The quantitative estimate of drug-likeness (QED) is 0.598. The Balaban J connectivity index is 2.03. The fourth-order valence-corrected chi connectivity index (χ4v) is 3.26. The van der Waals surface area contributed by atoms with Crippen molar-refractivity contribution in [2.75, 3.05) is 31.3 Å². The maximum atomic E-state index is 12.2. The van der Waals surface area contributed by atoms with Crippen molar-refractivity contribution in [2.45, 2.75) is 6.92 Å². The van der Waals surface area contributed by atoms with Crippen LogP contribution in [0.5, 0.6) is 5.75 Å².